The van der Waals surface area contributed by atoms with E-state index in [0.717, 1.165) is 11.1 Å². The molecule has 31 heavy (non-hydrogen) atoms. The molecular weight excluding hydrogens is 392 g/mol. The molecular formula is C25H30N2O4. The summed E-state index contributed by atoms with van der Waals surface area (Å²) in [6.45, 7) is 6.89. The molecule has 0 aliphatic carbocycles. The Hall–Kier alpha value is -3.20. The van der Waals surface area contributed by atoms with E-state index in [9.17, 15) is 10.1 Å². The van der Waals surface area contributed by atoms with E-state index in [-0.39, 0.29) is 6.09 Å². The molecule has 1 amide bonds. The summed E-state index contributed by atoms with van der Waals surface area (Å²) in [5.41, 5.74) is 0.704. The lowest BCUT2D eigenvalue weighted by Gasteiger charge is -2.38. The van der Waals surface area contributed by atoms with Crippen LogP contribution in [0.15, 0.2) is 48.5 Å². The van der Waals surface area contributed by atoms with Crippen LogP contribution in [0.5, 0.6) is 11.5 Å². The van der Waals surface area contributed by atoms with Crippen LogP contribution in [0.25, 0.3) is 0 Å². The molecule has 3 rings (SSSR count). The van der Waals surface area contributed by atoms with Crippen LogP contribution >= 0.6 is 0 Å². The number of amides is 1. The van der Waals surface area contributed by atoms with Crippen LogP contribution in [0.3, 0.4) is 0 Å². The van der Waals surface area contributed by atoms with Gasteiger partial charge in [-0.05, 0) is 56.9 Å². The van der Waals surface area contributed by atoms with E-state index in [0.29, 0.717) is 44.0 Å². The molecule has 0 saturated carbocycles. The standard InChI is InChI=1S/C25H30N2O4/c1-24(2,3)31-23(28)27-14-12-25(18-26,13-15-27)20-10-11-21(29-4)22(16-20)30-17-19-8-6-5-7-9-19/h5-11,16H,12-15,17H2,1-4H3. The smallest absolute Gasteiger partial charge is 0.410 e. The van der Waals surface area contributed by atoms with Gasteiger partial charge in [-0.25, -0.2) is 4.79 Å². The lowest BCUT2D eigenvalue weighted by Crippen LogP contribution is -2.46. The summed E-state index contributed by atoms with van der Waals surface area (Å²) in [6, 6.07) is 18.1. The Balaban J connectivity index is 1.76. The van der Waals surface area contributed by atoms with Crippen molar-refractivity contribution in [3.05, 3.63) is 59.7 Å². The van der Waals surface area contributed by atoms with Crippen molar-refractivity contribution in [2.45, 2.75) is 51.2 Å². The van der Waals surface area contributed by atoms with Crippen LogP contribution in [0.1, 0.15) is 44.7 Å². The van der Waals surface area contributed by atoms with Crippen molar-refractivity contribution in [1.29, 1.82) is 5.26 Å². The number of carbonyl (C=O) groups excluding carboxylic acids is 1. The summed E-state index contributed by atoms with van der Waals surface area (Å²) in [7, 11) is 1.60. The minimum Gasteiger partial charge on any atom is -0.493 e. The number of rotatable bonds is 5. The van der Waals surface area contributed by atoms with Gasteiger partial charge in [0.2, 0.25) is 0 Å². The Morgan fingerprint density at radius 2 is 1.77 bits per heavy atom. The number of methoxy groups -OCH3 is 1. The van der Waals surface area contributed by atoms with E-state index >= 15 is 0 Å². The molecule has 1 aliphatic rings. The Morgan fingerprint density at radius 1 is 1.10 bits per heavy atom. The molecule has 0 N–H and O–H groups in total. The highest BCUT2D eigenvalue weighted by Crippen LogP contribution is 2.39. The number of ether oxygens (including phenoxy) is 3. The molecule has 0 aromatic heterocycles. The summed E-state index contributed by atoms with van der Waals surface area (Å²) in [4.78, 5) is 14.1. The molecule has 1 saturated heterocycles. The normalized spacial score (nSPS) is 15.6. The summed E-state index contributed by atoms with van der Waals surface area (Å²) in [6.07, 6.45) is 0.737. The van der Waals surface area contributed by atoms with Gasteiger partial charge in [0.25, 0.3) is 0 Å². The number of likely N-dealkylation sites (tertiary alicyclic amines) is 1. The number of hydrogen-bond donors (Lipinski definition) is 0. The summed E-state index contributed by atoms with van der Waals surface area (Å²) in [5.74, 6) is 1.23. The minimum absolute atomic E-state index is 0.333. The van der Waals surface area contributed by atoms with Gasteiger partial charge in [-0.15, -0.1) is 0 Å². The van der Waals surface area contributed by atoms with Gasteiger partial charge in [0, 0.05) is 13.1 Å². The van der Waals surface area contributed by atoms with Crippen molar-refractivity contribution in [2.24, 2.45) is 0 Å². The first kappa shape index (κ1) is 22.5. The Kier molecular flexibility index (Phi) is 6.74. The van der Waals surface area contributed by atoms with Crippen LogP contribution in [0.4, 0.5) is 4.79 Å². The minimum atomic E-state index is -0.685. The highest BCUT2D eigenvalue weighted by atomic mass is 16.6. The molecule has 0 bridgehead atoms. The Labute approximate surface area is 184 Å². The van der Waals surface area contributed by atoms with Gasteiger partial charge in [0.1, 0.15) is 12.2 Å². The first-order chi connectivity index (χ1) is 14.8. The fourth-order valence-electron chi connectivity index (χ4n) is 3.69. The molecule has 0 unspecified atom stereocenters. The van der Waals surface area contributed by atoms with E-state index in [1.165, 1.54) is 0 Å². The molecule has 6 heteroatoms. The predicted octanol–water partition coefficient (Wildman–Crippen LogP) is 5.07. The first-order valence-electron chi connectivity index (χ1n) is 10.5. The third-order valence-electron chi connectivity index (χ3n) is 5.44. The molecule has 6 nitrogen and oxygen atoms in total. The topological polar surface area (TPSA) is 71.8 Å². The number of piperidine rings is 1. The van der Waals surface area contributed by atoms with Crippen molar-refractivity contribution >= 4 is 6.09 Å². The second-order valence-corrected chi connectivity index (χ2v) is 8.80. The number of benzene rings is 2. The maximum Gasteiger partial charge on any atom is 0.410 e. The Morgan fingerprint density at radius 3 is 2.35 bits per heavy atom. The number of nitrogens with zero attached hydrogens (tertiary/aromatic N) is 2. The van der Waals surface area contributed by atoms with Gasteiger partial charge in [0.05, 0.1) is 18.6 Å². The summed E-state index contributed by atoms with van der Waals surface area (Å²) in [5, 5.41) is 10.1. The van der Waals surface area contributed by atoms with E-state index in [4.69, 9.17) is 14.2 Å². The van der Waals surface area contributed by atoms with Crippen molar-refractivity contribution < 1.29 is 19.0 Å². The summed E-state index contributed by atoms with van der Waals surface area (Å²) < 4.78 is 17.0. The number of carbonyl (C=O) groups is 1. The molecule has 164 valence electrons. The monoisotopic (exact) mass is 422 g/mol. The zero-order valence-corrected chi connectivity index (χ0v) is 18.7. The SMILES string of the molecule is COc1ccc(C2(C#N)CCN(C(=O)OC(C)(C)C)CC2)cc1OCc1ccccc1. The van der Waals surface area contributed by atoms with Crippen molar-refractivity contribution in [3.8, 4) is 17.6 Å². The maximum atomic E-state index is 12.4. The van der Waals surface area contributed by atoms with E-state index in [1.807, 2.05) is 69.3 Å². The van der Waals surface area contributed by atoms with E-state index < -0.39 is 11.0 Å². The largest absolute Gasteiger partial charge is 0.493 e. The zero-order chi connectivity index (χ0) is 22.5. The average Bonchev–Trinajstić information content (AvgIpc) is 2.77. The molecule has 1 heterocycles. The van der Waals surface area contributed by atoms with Crippen molar-refractivity contribution in [2.75, 3.05) is 20.2 Å². The molecule has 2 aromatic carbocycles. The molecule has 0 radical (unpaired) electrons. The quantitative estimate of drug-likeness (QED) is 0.673. The lowest BCUT2D eigenvalue weighted by atomic mass is 9.74. The van der Waals surface area contributed by atoms with Crippen LogP contribution in [0.2, 0.25) is 0 Å². The van der Waals surface area contributed by atoms with Gasteiger partial charge >= 0.3 is 6.09 Å². The molecule has 1 fully saturated rings. The molecule has 1 aliphatic heterocycles. The van der Waals surface area contributed by atoms with Crippen LogP contribution < -0.4 is 9.47 Å². The highest BCUT2D eigenvalue weighted by Gasteiger charge is 2.39. The fraction of sp³-hybridized carbons (Fsp3) is 0.440. The maximum absolute atomic E-state index is 12.4. The van der Waals surface area contributed by atoms with E-state index in [1.54, 1.807) is 12.0 Å². The first-order valence-corrected chi connectivity index (χ1v) is 10.5. The van der Waals surface area contributed by atoms with E-state index in [2.05, 4.69) is 6.07 Å². The van der Waals surface area contributed by atoms with Crippen LogP contribution in [0, 0.1) is 11.3 Å². The van der Waals surface area contributed by atoms with Crippen molar-refractivity contribution in [3.63, 3.8) is 0 Å². The molecule has 0 atom stereocenters. The highest BCUT2D eigenvalue weighted by molar-refractivity contribution is 5.68. The Bertz CT molecular complexity index is 936. The summed E-state index contributed by atoms with van der Waals surface area (Å²) >= 11 is 0. The van der Waals surface area contributed by atoms with Crippen molar-refractivity contribution in [1.82, 2.24) is 4.90 Å². The lowest BCUT2D eigenvalue weighted by molar-refractivity contribution is 0.0185. The number of hydrogen-bond acceptors (Lipinski definition) is 5. The van der Waals surface area contributed by atoms with Crippen LogP contribution in [-0.2, 0) is 16.8 Å². The third kappa shape index (κ3) is 5.49. The van der Waals surface area contributed by atoms with Gasteiger partial charge in [-0.2, -0.15) is 5.26 Å². The second-order valence-electron chi connectivity index (χ2n) is 8.80. The molecule has 0 spiro atoms. The van der Waals surface area contributed by atoms with Gasteiger partial charge in [-0.3, -0.25) is 0 Å². The van der Waals surface area contributed by atoms with Gasteiger partial charge in [0.15, 0.2) is 11.5 Å². The fourth-order valence-corrected chi connectivity index (χ4v) is 3.69. The predicted molar refractivity (Wildman–Crippen MR) is 118 cm³/mol. The second kappa shape index (κ2) is 9.30. The van der Waals surface area contributed by atoms with Gasteiger partial charge < -0.3 is 19.1 Å². The number of nitriles is 1. The third-order valence-corrected chi connectivity index (χ3v) is 5.44. The average molecular weight is 423 g/mol. The zero-order valence-electron chi connectivity index (χ0n) is 18.7. The van der Waals surface area contributed by atoms with Gasteiger partial charge in [-0.1, -0.05) is 36.4 Å². The van der Waals surface area contributed by atoms with Crippen LogP contribution in [-0.4, -0.2) is 36.8 Å². The molecule has 2 aromatic rings.